The van der Waals surface area contributed by atoms with Gasteiger partial charge in [-0.05, 0) is 34.5 Å². The SMILES string of the molecule is Cc1cc(=O)n2c3c(c(Br)ccc13)OC2. The summed E-state index contributed by atoms with van der Waals surface area (Å²) >= 11 is 3.42. The van der Waals surface area contributed by atoms with Crippen LogP contribution in [0.2, 0.25) is 0 Å². The zero-order valence-corrected chi connectivity index (χ0v) is 9.67. The van der Waals surface area contributed by atoms with E-state index in [4.69, 9.17) is 4.74 Å². The smallest absolute Gasteiger partial charge is 0.254 e. The summed E-state index contributed by atoms with van der Waals surface area (Å²) in [5.74, 6) is 0.772. The standard InChI is InChI=1S/C11H8BrNO2/c1-6-4-9(14)13-5-15-11-8(12)3-2-7(6)10(11)13/h2-4H,5H2,1H3. The molecule has 3 rings (SSSR count). The summed E-state index contributed by atoms with van der Waals surface area (Å²) in [7, 11) is 0. The number of rotatable bonds is 0. The second kappa shape index (κ2) is 2.85. The second-order valence-electron chi connectivity index (χ2n) is 3.64. The van der Waals surface area contributed by atoms with E-state index in [1.54, 1.807) is 10.6 Å². The zero-order chi connectivity index (χ0) is 10.6. The van der Waals surface area contributed by atoms with Gasteiger partial charge in [0.05, 0.1) is 9.99 Å². The Morgan fingerprint density at radius 1 is 1.47 bits per heavy atom. The third-order valence-electron chi connectivity index (χ3n) is 2.72. The number of halogens is 1. The summed E-state index contributed by atoms with van der Waals surface area (Å²) in [6, 6.07) is 5.60. The van der Waals surface area contributed by atoms with Crippen LogP contribution in [0.25, 0.3) is 10.9 Å². The Labute approximate surface area is 94.4 Å². The van der Waals surface area contributed by atoms with Crippen LogP contribution in [0.3, 0.4) is 0 Å². The van der Waals surface area contributed by atoms with Crippen LogP contribution in [0.4, 0.5) is 0 Å². The van der Waals surface area contributed by atoms with Crippen molar-refractivity contribution in [3.05, 3.63) is 38.6 Å². The third-order valence-corrected chi connectivity index (χ3v) is 3.35. The highest BCUT2D eigenvalue weighted by molar-refractivity contribution is 9.10. The van der Waals surface area contributed by atoms with E-state index < -0.39 is 0 Å². The van der Waals surface area contributed by atoms with Gasteiger partial charge in [0.25, 0.3) is 5.56 Å². The van der Waals surface area contributed by atoms with Crippen molar-refractivity contribution in [1.82, 2.24) is 4.57 Å². The molecular weight excluding hydrogens is 258 g/mol. The van der Waals surface area contributed by atoms with Crippen LogP contribution in [-0.2, 0) is 6.73 Å². The van der Waals surface area contributed by atoms with Gasteiger partial charge >= 0.3 is 0 Å². The van der Waals surface area contributed by atoms with E-state index in [2.05, 4.69) is 15.9 Å². The maximum absolute atomic E-state index is 11.7. The van der Waals surface area contributed by atoms with Crippen LogP contribution >= 0.6 is 15.9 Å². The fourth-order valence-corrected chi connectivity index (χ4v) is 2.41. The topological polar surface area (TPSA) is 31.2 Å². The van der Waals surface area contributed by atoms with Gasteiger partial charge in [-0.1, -0.05) is 6.07 Å². The number of aryl methyl sites for hydroxylation is 1. The first kappa shape index (κ1) is 8.97. The minimum atomic E-state index is -0.00292. The number of benzene rings is 1. The number of hydrogen-bond donors (Lipinski definition) is 0. The third kappa shape index (κ3) is 1.08. The maximum atomic E-state index is 11.7. The normalized spacial score (nSPS) is 13.2. The Balaban J connectivity index is 2.64. The first-order chi connectivity index (χ1) is 7.18. The van der Waals surface area contributed by atoms with Gasteiger partial charge in [-0.25, -0.2) is 0 Å². The highest BCUT2D eigenvalue weighted by Crippen LogP contribution is 2.37. The molecule has 0 bridgehead atoms. The molecule has 1 aromatic carbocycles. The van der Waals surface area contributed by atoms with Crippen molar-refractivity contribution < 1.29 is 4.74 Å². The molecule has 2 aromatic rings. The van der Waals surface area contributed by atoms with Crippen LogP contribution in [0, 0.1) is 6.92 Å². The molecule has 0 atom stereocenters. The molecule has 0 amide bonds. The summed E-state index contributed by atoms with van der Waals surface area (Å²) in [5.41, 5.74) is 1.89. The van der Waals surface area contributed by atoms with Gasteiger partial charge in [0.15, 0.2) is 12.5 Å². The monoisotopic (exact) mass is 265 g/mol. The molecule has 0 saturated heterocycles. The minimum absolute atomic E-state index is 0.00292. The van der Waals surface area contributed by atoms with Crippen molar-refractivity contribution in [2.75, 3.05) is 0 Å². The van der Waals surface area contributed by atoms with Crippen LogP contribution in [0.5, 0.6) is 5.75 Å². The zero-order valence-electron chi connectivity index (χ0n) is 8.08. The maximum Gasteiger partial charge on any atom is 0.254 e. The molecule has 3 nitrogen and oxygen atoms in total. The average Bonchev–Trinajstić information content (AvgIpc) is 2.62. The summed E-state index contributed by atoms with van der Waals surface area (Å²) < 4.78 is 8.05. The molecule has 0 aliphatic carbocycles. The summed E-state index contributed by atoms with van der Waals surface area (Å²) in [6.07, 6.45) is 0. The van der Waals surface area contributed by atoms with E-state index in [-0.39, 0.29) is 5.56 Å². The molecule has 4 heteroatoms. The van der Waals surface area contributed by atoms with E-state index in [0.717, 1.165) is 26.7 Å². The number of aromatic nitrogens is 1. The van der Waals surface area contributed by atoms with Crippen LogP contribution in [0.15, 0.2) is 27.5 Å². The molecule has 0 radical (unpaired) electrons. The molecule has 1 aliphatic heterocycles. The molecule has 15 heavy (non-hydrogen) atoms. The van der Waals surface area contributed by atoms with Gasteiger partial charge in [-0.3, -0.25) is 9.36 Å². The van der Waals surface area contributed by atoms with Crippen molar-refractivity contribution >= 4 is 26.8 Å². The quantitative estimate of drug-likeness (QED) is 0.733. The molecule has 1 aliphatic rings. The Kier molecular flexibility index (Phi) is 1.71. The van der Waals surface area contributed by atoms with Gasteiger partial charge in [0.1, 0.15) is 0 Å². The van der Waals surface area contributed by atoms with Crippen LogP contribution < -0.4 is 10.3 Å². The molecule has 76 valence electrons. The van der Waals surface area contributed by atoms with E-state index in [9.17, 15) is 4.79 Å². The predicted molar refractivity (Wildman–Crippen MR) is 61.3 cm³/mol. The average molecular weight is 266 g/mol. The van der Waals surface area contributed by atoms with Gasteiger partial charge in [-0.15, -0.1) is 0 Å². The number of hydrogen-bond acceptors (Lipinski definition) is 2. The lowest BCUT2D eigenvalue weighted by Gasteiger charge is -2.04. The summed E-state index contributed by atoms with van der Waals surface area (Å²) in [4.78, 5) is 11.7. The van der Waals surface area contributed by atoms with Crippen molar-refractivity contribution in [1.29, 1.82) is 0 Å². The van der Waals surface area contributed by atoms with E-state index in [1.165, 1.54) is 0 Å². The largest absolute Gasteiger partial charge is 0.469 e. The van der Waals surface area contributed by atoms with Gasteiger partial charge in [-0.2, -0.15) is 0 Å². The minimum Gasteiger partial charge on any atom is -0.469 e. The fraction of sp³-hybridized carbons (Fsp3) is 0.182. The summed E-state index contributed by atoms with van der Waals surface area (Å²) in [6.45, 7) is 2.25. The first-order valence-electron chi connectivity index (χ1n) is 4.64. The lowest BCUT2D eigenvalue weighted by molar-refractivity contribution is 0.265. The van der Waals surface area contributed by atoms with E-state index >= 15 is 0 Å². The Hall–Kier alpha value is -1.29. The van der Waals surface area contributed by atoms with Gasteiger partial charge < -0.3 is 4.74 Å². The Morgan fingerprint density at radius 2 is 2.27 bits per heavy atom. The lowest BCUT2D eigenvalue weighted by atomic mass is 10.1. The van der Waals surface area contributed by atoms with Gasteiger partial charge in [0.2, 0.25) is 0 Å². The number of nitrogens with zero attached hydrogens (tertiary/aromatic N) is 1. The molecule has 2 heterocycles. The van der Waals surface area contributed by atoms with Crippen LogP contribution in [-0.4, -0.2) is 4.57 Å². The Morgan fingerprint density at radius 3 is 3.07 bits per heavy atom. The van der Waals surface area contributed by atoms with Crippen LogP contribution in [0.1, 0.15) is 5.56 Å². The predicted octanol–water partition coefficient (Wildman–Crippen LogP) is 2.42. The van der Waals surface area contributed by atoms with Crippen molar-refractivity contribution in [2.24, 2.45) is 0 Å². The highest BCUT2D eigenvalue weighted by atomic mass is 79.9. The molecule has 0 unspecified atom stereocenters. The fourth-order valence-electron chi connectivity index (χ4n) is 1.98. The highest BCUT2D eigenvalue weighted by Gasteiger charge is 2.19. The molecule has 0 spiro atoms. The number of ether oxygens (including phenoxy) is 1. The van der Waals surface area contributed by atoms with Gasteiger partial charge in [0, 0.05) is 11.5 Å². The molecule has 0 fully saturated rings. The van der Waals surface area contributed by atoms with E-state index in [1.807, 2.05) is 19.1 Å². The molecular formula is C11H8BrNO2. The molecule has 0 saturated carbocycles. The van der Waals surface area contributed by atoms with E-state index in [0.29, 0.717) is 6.73 Å². The second-order valence-corrected chi connectivity index (χ2v) is 4.49. The van der Waals surface area contributed by atoms with Crippen molar-refractivity contribution in [2.45, 2.75) is 13.7 Å². The van der Waals surface area contributed by atoms with Crippen molar-refractivity contribution in [3.63, 3.8) is 0 Å². The number of pyridine rings is 1. The first-order valence-corrected chi connectivity index (χ1v) is 5.43. The molecule has 1 aromatic heterocycles. The summed E-state index contributed by atoms with van der Waals surface area (Å²) in [5, 5.41) is 1.07. The molecule has 0 N–H and O–H groups in total. The lowest BCUT2D eigenvalue weighted by Crippen LogP contribution is -2.18. The Bertz CT molecular complexity index is 631. The van der Waals surface area contributed by atoms with Crippen molar-refractivity contribution in [3.8, 4) is 5.75 Å².